The first-order chi connectivity index (χ1) is 16.9. The highest BCUT2D eigenvalue weighted by Crippen LogP contribution is 2.47. The van der Waals surface area contributed by atoms with E-state index >= 15 is 0 Å². The fourth-order valence-corrected chi connectivity index (χ4v) is 6.34. The summed E-state index contributed by atoms with van der Waals surface area (Å²) >= 11 is 1.59. The Balaban J connectivity index is 1.46. The van der Waals surface area contributed by atoms with Crippen molar-refractivity contribution >= 4 is 28.9 Å². The van der Waals surface area contributed by atoms with Crippen molar-refractivity contribution in [3.05, 3.63) is 64.9 Å². The van der Waals surface area contributed by atoms with Gasteiger partial charge in [-0.3, -0.25) is 9.69 Å². The van der Waals surface area contributed by atoms with Crippen LogP contribution in [0.15, 0.2) is 59.4 Å². The smallest absolute Gasteiger partial charge is 0.235 e. The Bertz CT molecular complexity index is 1310. The van der Waals surface area contributed by atoms with Gasteiger partial charge in [0.25, 0.3) is 0 Å². The Labute approximate surface area is 208 Å². The van der Waals surface area contributed by atoms with Gasteiger partial charge in [0.15, 0.2) is 5.96 Å². The number of carbonyl (C=O) groups is 1. The molecular formula is C26H27N7OS. The third-order valence-electron chi connectivity index (χ3n) is 7.24. The molecule has 9 heteroatoms. The van der Waals surface area contributed by atoms with Gasteiger partial charge >= 0.3 is 0 Å². The van der Waals surface area contributed by atoms with Crippen LogP contribution in [0.2, 0.25) is 0 Å². The molecule has 1 amide bonds. The van der Waals surface area contributed by atoms with Gasteiger partial charge in [-0.2, -0.15) is 5.26 Å². The van der Waals surface area contributed by atoms with E-state index in [4.69, 9.17) is 10.7 Å². The van der Waals surface area contributed by atoms with Crippen LogP contribution in [0, 0.1) is 23.2 Å². The molecule has 2 atom stereocenters. The number of aliphatic imine (C=N–C) groups is 1. The first kappa shape index (κ1) is 23.0. The molecule has 1 unspecified atom stereocenters. The molecule has 0 bridgehead atoms. The number of hydrogen-bond acceptors (Lipinski definition) is 8. The van der Waals surface area contributed by atoms with Crippen molar-refractivity contribution in [2.75, 3.05) is 25.0 Å². The largest absolute Gasteiger partial charge is 0.369 e. The average Bonchev–Trinajstić information content (AvgIpc) is 3.40. The summed E-state index contributed by atoms with van der Waals surface area (Å²) in [5.74, 6) is 0.114. The number of nitrogens with zero attached hydrogens (tertiary/aromatic N) is 6. The molecule has 2 aromatic heterocycles. The molecule has 2 aliphatic rings. The number of aromatic nitrogens is 2. The highest BCUT2D eigenvalue weighted by atomic mass is 32.1. The van der Waals surface area contributed by atoms with E-state index in [-0.39, 0.29) is 23.7 Å². The maximum Gasteiger partial charge on any atom is 0.235 e. The molecular weight excluding hydrogens is 458 g/mol. The molecule has 35 heavy (non-hydrogen) atoms. The van der Waals surface area contributed by atoms with Crippen molar-refractivity contribution in [1.82, 2.24) is 14.9 Å². The minimum absolute atomic E-state index is 0.0166. The number of thiophene rings is 1. The average molecular weight is 486 g/mol. The summed E-state index contributed by atoms with van der Waals surface area (Å²) in [4.78, 5) is 31.6. The molecule has 3 aromatic rings. The van der Waals surface area contributed by atoms with E-state index in [1.807, 2.05) is 37.5 Å². The number of nitriles is 1. The van der Waals surface area contributed by atoms with Gasteiger partial charge in [0.2, 0.25) is 5.91 Å². The first-order valence-corrected chi connectivity index (χ1v) is 12.5. The van der Waals surface area contributed by atoms with Crippen molar-refractivity contribution in [2.24, 2.45) is 22.6 Å². The quantitative estimate of drug-likeness (QED) is 0.604. The van der Waals surface area contributed by atoms with E-state index in [0.29, 0.717) is 5.56 Å². The number of anilines is 1. The predicted molar refractivity (Wildman–Crippen MR) is 137 cm³/mol. The molecule has 1 saturated heterocycles. The van der Waals surface area contributed by atoms with Gasteiger partial charge in [0, 0.05) is 25.0 Å². The number of benzene rings is 1. The summed E-state index contributed by atoms with van der Waals surface area (Å²) in [6.07, 6.45) is 6.93. The van der Waals surface area contributed by atoms with E-state index in [1.165, 1.54) is 11.2 Å². The number of hydrogen-bond donors (Lipinski definition) is 1. The zero-order valence-electron chi connectivity index (χ0n) is 19.8. The van der Waals surface area contributed by atoms with E-state index in [0.717, 1.165) is 47.6 Å². The summed E-state index contributed by atoms with van der Waals surface area (Å²) < 4.78 is 0. The maximum absolute atomic E-state index is 13.6. The number of nitrogens with two attached hydrogens (primary N) is 1. The van der Waals surface area contributed by atoms with E-state index < -0.39 is 5.54 Å². The molecule has 2 N–H and O–H groups in total. The predicted octanol–water partition coefficient (Wildman–Crippen LogP) is 3.61. The maximum atomic E-state index is 13.6. The normalized spacial score (nSPS) is 23.2. The topological polar surface area (TPSA) is 112 Å². The fraction of sp³-hybridized carbons (Fsp3) is 0.346. The SMILES string of the molecule is CN1C(=O)C(C2CCN(c3cncnc3)CC2)[C@@](C)(c2cc(-c3cccc(C#N)c3)cs2)N=C1N. The molecule has 0 spiro atoms. The standard InChI is InChI=1S/C26H27N7OS/c1-26(22-11-20(15-35-22)19-5-3-4-17(10-19)12-27)23(24(34)32(2)25(28)31-26)18-6-8-33(9-7-18)21-13-29-16-30-14-21/h3-5,10-11,13-16,18,23H,6-9H2,1-2H3,(H2,28,31)/t23?,26-/m1/s1. The number of carbonyl (C=O) groups excluding carboxylic acids is 1. The van der Waals surface area contributed by atoms with Gasteiger partial charge in [-0.05, 0) is 60.4 Å². The highest BCUT2D eigenvalue weighted by Gasteiger charge is 2.51. The summed E-state index contributed by atoms with van der Waals surface area (Å²) in [5.41, 5.74) is 9.08. The van der Waals surface area contributed by atoms with Gasteiger partial charge in [-0.25, -0.2) is 15.0 Å². The third-order valence-corrected chi connectivity index (χ3v) is 8.40. The van der Waals surface area contributed by atoms with Crippen LogP contribution in [0.25, 0.3) is 11.1 Å². The number of rotatable bonds is 4. The van der Waals surface area contributed by atoms with Crippen molar-refractivity contribution < 1.29 is 4.79 Å². The van der Waals surface area contributed by atoms with Gasteiger partial charge in [0.1, 0.15) is 11.9 Å². The molecule has 0 aliphatic carbocycles. The first-order valence-electron chi connectivity index (χ1n) is 11.6. The summed E-state index contributed by atoms with van der Waals surface area (Å²) in [6, 6.07) is 11.9. The second-order valence-corrected chi connectivity index (χ2v) is 10.2. The van der Waals surface area contributed by atoms with Gasteiger partial charge in [-0.1, -0.05) is 12.1 Å². The van der Waals surface area contributed by atoms with Gasteiger partial charge in [0.05, 0.1) is 35.6 Å². The van der Waals surface area contributed by atoms with Crippen LogP contribution in [-0.2, 0) is 10.3 Å². The third kappa shape index (κ3) is 4.15. The fourth-order valence-electron chi connectivity index (χ4n) is 5.28. The molecule has 5 rings (SSSR count). The summed E-state index contributed by atoms with van der Waals surface area (Å²) in [5, 5.41) is 11.4. The van der Waals surface area contributed by atoms with Crippen LogP contribution in [0.5, 0.6) is 0 Å². The lowest BCUT2D eigenvalue weighted by Gasteiger charge is -2.46. The van der Waals surface area contributed by atoms with Gasteiger partial charge in [-0.15, -0.1) is 11.3 Å². The lowest BCUT2D eigenvalue weighted by atomic mass is 9.70. The van der Waals surface area contributed by atoms with E-state index in [1.54, 1.807) is 24.5 Å². The van der Waals surface area contributed by atoms with Crippen molar-refractivity contribution in [2.45, 2.75) is 25.3 Å². The molecule has 178 valence electrons. The Hall–Kier alpha value is -3.77. The minimum atomic E-state index is -0.758. The minimum Gasteiger partial charge on any atom is -0.369 e. The van der Waals surface area contributed by atoms with Crippen LogP contribution in [0.4, 0.5) is 5.69 Å². The van der Waals surface area contributed by atoms with Crippen LogP contribution < -0.4 is 10.6 Å². The second kappa shape index (κ2) is 9.12. The molecule has 1 fully saturated rings. The van der Waals surface area contributed by atoms with Crippen LogP contribution in [0.1, 0.15) is 30.2 Å². The Kier molecular flexibility index (Phi) is 5.99. The molecule has 4 heterocycles. The Morgan fingerprint density at radius 1 is 1.17 bits per heavy atom. The summed E-state index contributed by atoms with van der Waals surface area (Å²) in [6.45, 7) is 3.70. The Morgan fingerprint density at radius 3 is 2.63 bits per heavy atom. The zero-order valence-corrected chi connectivity index (χ0v) is 20.6. The molecule has 1 aromatic carbocycles. The zero-order chi connectivity index (χ0) is 24.6. The molecule has 0 saturated carbocycles. The lowest BCUT2D eigenvalue weighted by molar-refractivity contribution is -0.136. The molecule has 2 aliphatic heterocycles. The second-order valence-electron chi connectivity index (χ2n) is 9.31. The van der Waals surface area contributed by atoms with Crippen molar-refractivity contribution in [3.63, 3.8) is 0 Å². The Morgan fingerprint density at radius 2 is 1.91 bits per heavy atom. The highest BCUT2D eigenvalue weighted by molar-refractivity contribution is 7.10. The summed E-state index contributed by atoms with van der Waals surface area (Å²) in [7, 11) is 1.71. The lowest BCUT2D eigenvalue weighted by Crippen LogP contribution is -2.56. The number of amides is 1. The van der Waals surface area contributed by atoms with Crippen LogP contribution in [0.3, 0.4) is 0 Å². The van der Waals surface area contributed by atoms with E-state index in [9.17, 15) is 10.1 Å². The molecule has 8 nitrogen and oxygen atoms in total. The molecule has 0 radical (unpaired) electrons. The van der Waals surface area contributed by atoms with Gasteiger partial charge < -0.3 is 10.6 Å². The number of guanidine groups is 1. The monoisotopic (exact) mass is 485 g/mol. The van der Waals surface area contributed by atoms with E-state index in [2.05, 4.69) is 32.4 Å². The van der Waals surface area contributed by atoms with Crippen LogP contribution >= 0.6 is 11.3 Å². The van der Waals surface area contributed by atoms with Crippen LogP contribution in [-0.4, -0.2) is 46.9 Å². The number of piperidine rings is 1. The van der Waals surface area contributed by atoms with Crippen molar-refractivity contribution in [3.8, 4) is 17.2 Å². The van der Waals surface area contributed by atoms with Crippen molar-refractivity contribution in [1.29, 1.82) is 5.26 Å².